The third-order valence-electron chi connectivity index (χ3n) is 2.07. The minimum atomic E-state index is -4.70. The molecule has 0 heterocycles. The van der Waals surface area contributed by atoms with E-state index < -0.39 is 55.5 Å². The lowest BCUT2D eigenvalue weighted by Crippen LogP contribution is -2.07. The summed E-state index contributed by atoms with van der Waals surface area (Å²) >= 11 is 4.56. The normalized spacial score (nSPS) is 14.1. The Morgan fingerprint density at radius 2 is 1.62 bits per heavy atom. The standard InChI is InChI=1S/C11H7ClF6OS2/c1-5(19)9(12)7-3-2-6(20-10(13,14)15)4-8(7)21-11(16,17)18/h2-4,9H,1H3. The zero-order valence-electron chi connectivity index (χ0n) is 10.2. The van der Waals surface area contributed by atoms with E-state index in [-0.39, 0.29) is 5.56 Å². The van der Waals surface area contributed by atoms with Gasteiger partial charge in [-0.25, -0.2) is 0 Å². The summed E-state index contributed by atoms with van der Waals surface area (Å²) < 4.78 is 74.1. The molecule has 0 fully saturated rings. The number of benzene rings is 1. The monoisotopic (exact) mass is 368 g/mol. The van der Waals surface area contributed by atoms with E-state index in [1.807, 2.05) is 0 Å². The maximum atomic E-state index is 12.5. The van der Waals surface area contributed by atoms with Gasteiger partial charge in [0.2, 0.25) is 0 Å². The van der Waals surface area contributed by atoms with E-state index in [1.54, 1.807) is 0 Å². The minimum Gasteiger partial charge on any atom is -0.298 e. The molecular formula is C11H7ClF6OS2. The average Bonchev–Trinajstić information content (AvgIpc) is 2.23. The van der Waals surface area contributed by atoms with Gasteiger partial charge >= 0.3 is 11.0 Å². The molecule has 0 aliphatic rings. The molecule has 10 heteroatoms. The Morgan fingerprint density at radius 3 is 2.05 bits per heavy atom. The quantitative estimate of drug-likeness (QED) is 0.381. The molecule has 1 atom stereocenters. The van der Waals surface area contributed by atoms with Crippen LogP contribution in [-0.2, 0) is 4.79 Å². The Bertz CT molecular complexity index is 528. The fourth-order valence-corrected chi connectivity index (χ4v) is 3.00. The van der Waals surface area contributed by atoms with Crippen molar-refractivity contribution < 1.29 is 31.1 Å². The van der Waals surface area contributed by atoms with Crippen molar-refractivity contribution in [3.63, 3.8) is 0 Å². The van der Waals surface area contributed by atoms with Crippen molar-refractivity contribution in [2.24, 2.45) is 0 Å². The summed E-state index contributed by atoms with van der Waals surface area (Å²) in [4.78, 5) is 10.2. The number of carbonyl (C=O) groups is 1. The molecule has 0 saturated heterocycles. The number of alkyl halides is 7. The van der Waals surface area contributed by atoms with Crippen LogP contribution in [0.5, 0.6) is 0 Å². The van der Waals surface area contributed by atoms with Crippen molar-refractivity contribution in [1.82, 2.24) is 0 Å². The van der Waals surface area contributed by atoms with Crippen molar-refractivity contribution in [3.8, 4) is 0 Å². The van der Waals surface area contributed by atoms with Gasteiger partial charge in [-0.15, -0.1) is 11.6 Å². The maximum Gasteiger partial charge on any atom is 0.446 e. The van der Waals surface area contributed by atoms with Crippen molar-refractivity contribution in [1.29, 1.82) is 0 Å². The molecular weight excluding hydrogens is 362 g/mol. The zero-order valence-corrected chi connectivity index (χ0v) is 12.6. The summed E-state index contributed by atoms with van der Waals surface area (Å²) in [7, 11) is 0. The largest absolute Gasteiger partial charge is 0.446 e. The van der Waals surface area contributed by atoms with Gasteiger partial charge in [-0.1, -0.05) is 6.07 Å². The number of thioether (sulfide) groups is 2. The molecule has 0 spiro atoms. The molecule has 1 nitrogen and oxygen atoms in total. The molecule has 0 aliphatic carbocycles. The van der Waals surface area contributed by atoms with Crippen LogP contribution in [-0.4, -0.2) is 16.8 Å². The number of Topliss-reactive ketones (excluding diaryl/α,β-unsaturated/α-hetero) is 1. The maximum absolute atomic E-state index is 12.5. The van der Waals surface area contributed by atoms with Crippen LogP contribution >= 0.6 is 35.1 Å². The van der Waals surface area contributed by atoms with Crippen molar-refractivity contribution in [2.45, 2.75) is 33.1 Å². The number of carbonyl (C=O) groups excluding carboxylic acids is 1. The second-order valence-corrected chi connectivity index (χ2v) is 6.45. The van der Waals surface area contributed by atoms with Crippen LogP contribution in [0.4, 0.5) is 26.3 Å². The van der Waals surface area contributed by atoms with E-state index in [0.717, 1.165) is 25.1 Å². The van der Waals surface area contributed by atoms with Crippen molar-refractivity contribution in [3.05, 3.63) is 23.8 Å². The first-order valence-electron chi connectivity index (χ1n) is 5.19. The molecule has 21 heavy (non-hydrogen) atoms. The van der Waals surface area contributed by atoms with Crippen molar-refractivity contribution >= 4 is 40.9 Å². The van der Waals surface area contributed by atoms with E-state index in [4.69, 9.17) is 11.6 Å². The van der Waals surface area contributed by atoms with Crippen LogP contribution in [0.2, 0.25) is 0 Å². The third kappa shape index (κ3) is 6.39. The highest BCUT2D eigenvalue weighted by Crippen LogP contribution is 2.45. The SMILES string of the molecule is CC(=O)C(Cl)c1ccc(SC(F)(F)F)cc1SC(F)(F)F. The van der Waals surface area contributed by atoms with Crippen LogP contribution in [0.15, 0.2) is 28.0 Å². The summed E-state index contributed by atoms with van der Waals surface area (Å²) in [6.07, 6.45) is 0. The molecule has 0 aliphatic heterocycles. The van der Waals surface area contributed by atoms with E-state index in [0.29, 0.717) is 0 Å². The predicted molar refractivity (Wildman–Crippen MR) is 69.5 cm³/mol. The van der Waals surface area contributed by atoms with Gasteiger partial charge in [-0.3, -0.25) is 4.79 Å². The number of rotatable bonds is 4. The summed E-state index contributed by atoms with van der Waals surface area (Å²) in [5.41, 5.74) is -9.50. The van der Waals surface area contributed by atoms with Gasteiger partial charge in [0, 0.05) is 9.79 Å². The molecule has 118 valence electrons. The number of hydrogen-bond acceptors (Lipinski definition) is 3. The van der Waals surface area contributed by atoms with E-state index in [9.17, 15) is 31.1 Å². The van der Waals surface area contributed by atoms with Gasteiger partial charge in [-0.2, -0.15) is 26.3 Å². The molecule has 0 bridgehead atoms. The lowest BCUT2D eigenvalue weighted by atomic mass is 10.1. The number of halogens is 7. The Hall–Kier alpha value is -0.540. The van der Waals surface area contributed by atoms with E-state index >= 15 is 0 Å². The van der Waals surface area contributed by atoms with Gasteiger partial charge in [0.15, 0.2) is 5.78 Å². The zero-order chi connectivity index (χ0) is 16.4. The summed E-state index contributed by atoms with van der Waals surface area (Å²) in [6, 6.07) is 2.71. The van der Waals surface area contributed by atoms with Crippen LogP contribution in [0.25, 0.3) is 0 Å². The summed E-state index contributed by atoms with van der Waals surface area (Å²) in [6.45, 7) is 1.08. The first-order chi connectivity index (χ1) is 9.39. The van der Waals surface area contributed by atoms with Gasteiger partial charge in [0.05, 0.1) is 0 Å². The summed E-state index contributed by atoms with van der Waals surface area (Å²) in [5.74, 6) is -0.600. The Balaban J connectivity index is 3.23. The van der Waals surface area contributed by atoms with Crippen LogP contribution in [0.1, 0.15) is 17.9 Å². The average molecular weight is 369 g/mol. The van der Waals surface area contributed by atoms with Gasteiger partial charge in [0.25, 0.3) is 0 Å². The molecule has 0 N–H and O–H groups in total. The highest BCUT2D eigenvalue weighted by molar-refractivity contribution is 8.01. The Kier molecular flexibility index (Phi) is 5.91. The third-order valence-corrected chi connectivity index (χ3v) is 4.14. The van der Waals surface area contributed by atoms with Gasteiger partial charge in [0.1, 0.15) is 5.38 Å². The molecule has 1 aromatic rings. The first-order valence-corrected chi connectivity index (χ1v) is 7.26. The molecule has 0 amide bonds. The molecule has 0 saturated carbocycles. The van der Waals surface area contributed by atoms with Gasteiger partial charge < -0.3 is 0 Å². The fraction of sp³-hybridized carbons (Fsp3) is 0.364. The predicted octanol–water partition coefficient (Wildman–Crippen LogP) is 5.78. The Labute approximate surface area is 129 Å². The van der Waals surface area contributed by atoms with Crippen LogP contribution in [0.3, 0.4) is 0 Å². The topological polar surface area (TPSA) is 17.1 Å². The van der Waals surface area contributed by atoms with E-state index in [2.05, 4.69) is 0 Å². The number of ketones is 1. The highest BCUT2D eigenvalue weighted by Gasteiger charge is 2.34. The number of hydrogen-bond donors (Lipinski definition) is 0. The fourth-order valence-electron chi connectivity index (χ4n) is 1.35. The first kappa shape index (κ1) is 18.5. The molecule has 1 rings (SSSR count). The lowest BCUT2D eigenvalue weighted by molar-refractivity contribution is -0.116. The second-order valence-electron chi connectivity index (χ2n) is 3.77. The molecule has 1 aromatic carbocycles. The molecule has 0 radical (unpaired) electrons. The minimum absolute atomic E-state index is 0.169. The summed E-state index contributed by atoms with van der Waals surface area (Å²) in [5, 5.41) is -1.35. The molecule has 0 aromatic heterocycles. The Morgan fingerprint density at radius 1 is 1.10 bits per heavy atom. The highest BCUT2D eigenvalue weighted by atomic mass is 35.5. The van der Waals surface area contributed by atoms with Crippen molar-refractivity contribution in [2.75, 3.05) is 0 Å². The smallest absolute Gasteiger partial charge is 0.298 e. The van der Waals surface area contributed by atoms with Crippen LogP contribution < -0.4 is 0 Å². The lowest BCUT2D eigenvalue weighted by Gasteiger charge is -2.15. The molecule has 1 unspecified atom stereocenters. The van der Waals surface area contributed by atoms with Gasteiger partial charge in [-0.05, 0) is 48.1 Å². The van der Waals surface area contributed by atoms with E-state index in [1.165, 1.54) is 0 Å². The van der Waals surface area contributed by atoms with Crippen LogP contribution in [0, 0.1) is 0 Å². The second kappa shape index (κ2) is 6.70.